The Morgan fingerprint density at radius 3 is 2.60 bits per heavy atom. The summed E-state index contributed by atoms with van der Waals surface area (Å²) in [5.74, 6) is 0.907. The number of thioether (sulfide) groups is 1. The van der Waals surface area contributed by atoms with Crippen LogP contribution in [0.1, 0.15) is 10.4 Å². The van der Waals surface area contributed by atoms with Crippen molar-refractivity contribution < 1.29 is 14.5 Å². The maximum absolute atomic E-state index is 11.0. The number of nitro benzene ring substituents is 1. The van der Waals surface area contributed by atoms with E-state index in [4.69, 9.17) is 4.74 Å². The number of ether oxygens (including phenoxy) is 1. The molecule has 0 atom stereocenters. The number of nitro groups is 1. The third-order valence-corrected chi connectivity index (χ3v) is 3.40. The van der Waals surface area contributed by atoms with Gasteiger partial charge in [-0.1, -0.05) is 12.1 Å². The van der Waals surface area contributed by atoms with E-state index in [-0.39, 0.29) is 11.3 Å². The van der Waals surface area contributed by atoms with Crippen molar-refractivity contribution in [3.63, 3.8) is 0 Å². The van der Waals surface area contributed by atoms with Crippen molar-refractivity contribution in [2.75, 3.05) is 6.26 Å². The molecule has 0 radical (unpaired) electrons. The molecule has 0 saturated heterocycles. The van der Waals surface area contributed by atoms with E-state index in [1.807, 2.05) is 24.5 Å². The quantitative estimate of drug-likeness (QED) is 0.361. The van der Waals surface area contributed by atoms with Crippen molar-refractivity contribution in [1.29, 1.82) is 0 Å². The summed E-state index contributed by atoms with van der Waals surface area (Å²) in [5, 5.41) is 10.7. The van der Waals surface area contributed by atoms with E-state index in [2.05, 4.69) is 0 Å². The molecule has 102 valence electrons. The van der Waals surface area contributed by atoms with E-state index in [1.165, 1.54) is 30.0 Å². The minimum atomic E-state index is -0.549. The summed E-state index contributed by atoms with van der Waals surface area (Å²) >= 11 is 1.51. The lowest BCUT2D eigenvalue weighted by atomic mass is 10.2. The van der Waals surface area contributed by atoms with Gasteiger partial charge in [-0.2, -0.15) is 0 Å². The van der Waals surface area contributed by atoms with Crippen LogP contribution < -0.4 is 4.74 Å². The van der Waals surface area contributed by atoms with Crippen molar-refractivity contribution in [2.24, 2.45) is 0 Å². The van der Waals surface area contributed by atoms with Crippen molar-refractivity contribution in [3.05, 3.63) is 58.1 Å². The number of carbonyl (C=O) groups excluding carboxylic acids is 1. The molecule has 2 rings (SSSR count). The fourth-order valence-electron chi connectivity index (χ4n) is 1.66. The van der Waals surface area contributed by atoms with Crippen LogP contribution in [-0.4, -0.2) is 17.5 Å². The molecule has 0 aliphatic rings. The topological polar surface area (TPSA) is 69.4 Å². The molecule has 0 fully saturated rings. The molecule has 0 aliphatic heterocycles. The van der Waals surface area contributed by atoms with Gasteiger partial charge in [0.15, 0.2) is 6.29 Å². The summed E-state index contributed by atoms with van der Waals surface area (Å²) in [5.41, 5.74) is 0.00714. The van der Waals surface area contributed by atoms with Crippen LogP contribution in [0.25, 0.3) is 0 Å². The zero-order valence-corrected chi connectivity index (χ0v) is 11.4. The number of carbonyl (C=O) groups is 1. The molecule has 0 aliphatic carbocycles. The lowest BCUT2D eigenvalue weighted by Gasteiger charge is -2.10. The number of aldehydes is 1. The van der Waals surface area contributed by atoms with Gasteiger partial charge in [0.25, 0.3) is 5.69 Å². The highest BCUT2D eigenvalue weighted by Crippen LogP contribution is 2.33. The fraction of sp³-hybridized carbons (Fsp3) is 0.0714. The largest absolute Gasteiger partial charge is 0.455 e. The molecular weight excluding hydrogens is 278 g/mol. The molecule has 0 spiro atoms. The molecule has 0 heterocycles. The van der Waals surface area contributed by atoms with Gasteiger partial charge in [0.2, 0.25) is 0 Å². The summed E-state index contributed by atoms with van der Waals surface area (Å²) in [6.45, 7) is 0. The van der Waals surface area contributed by atoms with Gasteiger partial charge in [-0.25, -0.2) is 0 Å². The molecule has 0 aromatic heterocycles. The molecule has 2 aromatic carbocycles. The predicted molar refractivity (Wildman–Crippen MR) is 76.8 cm³/mol. The third-order valence-electron chi connectivity index (χ3n) is 2.62. The van der Waals surface area contributed by atoms with E-state index in [0.29, 0.717) is 17.8 Å². The first-order valence-electron chi connectivity index (χ1n) is 5.70. The monoisotopic (exact) mass is 289 g/mol. The molecule has 20 heavy (non-hydrogen) atoms. The summed E-state index contributed by atoms with van der Waals surface area (Å²) < 4.78 is 5.68. The highest BCUT2D eigenvalue weighted by molar-refractivity contribution is 7.98. The van der Waals surface area contributed by atoms with Crippen molar-refractivity contribution in [2.45, 2.75) is 4.90 Å². The minimum absolute atomic E-state index is 0.141. The Balaban J connectivity index is 2.38. The Hall–Kier alpha value is -2.34. The Labute approximate surface area is 119 Å². The predicted octanol–water partition coefficient (Wildman–Crippen LogP) is 3.92. The van der Waals surface area contributed by atoms with Crippen LogP contribution in [0.4, 0.5) is 5.69 Å². The highest BCUT2D eigenvalue weighted by Gasteiger charge is 2.13. The van der Waals surface area contributed by atoms with E-state index >= 15 is 0 Å². The molecule has 2 aromatic rings. The third kappa shape index (κ3) is 2.97. The second-order valence-corrected chi connectivity index (χ2v) is 4.70. The van der Waals surface area contributed by atoms with Crippen molar-refractivity contribution in [1.82, 2.24) is 0 Å². The first kappa shape index (κ1) is 14.1. The smallest absolute Gasteiger partial charge is 0.270 e. The van der Waals surface area contributed by atoms with Gasteiger partial charge >= 0.3 is 0 Å². The number of hydrogen-bond donors (Lipinski definition) is 0. The molecule has 5 nitrogen and oxygen atoms in total. The summed E-state index contributed by atoms with van der Waals surface area (Å²) in [6.07, 6.45) is 2.46. The Bertz CT molecular complexity index is 657. The lowest BCUT2D eigenvalue weighted by Crippen LogP contribution is -1.94. The second kappa shape index (κ2) is 6.21. The zero-order valence-electron chi connectivity index (χ0n) is 10.6. The van der Waals surface area contributed by atoms with Crippen LogP contribution in [0.3, 0.4) is 0 Å². The molecule has 0 amide bonds. The standard InChI is InChI=1S/C14H11NO4S/c1-20-14-5-3-2-4-13(14)19-12-7-6-11(15(17)18)8-10(12)9-16/h2-9H,1H3. The Morgan fingerprint density at radius 1 is 1.20 bits per heavy atom. The summed E-state index contributed by atoms with van der Waals surface area (Å²) in [4.78, 5) is 22.1. The summed E-state index contributed by atoms with van der Waals surface area (Å²) in [7, 11) is 0. The van der Waals surface area contributed by atoms with E-state index in [0.717, 1.165) is 4.90 Å². The minimum Gasteiger partial charge on any atom is -0.455 e. The van der Waals surface area contributed by atoms with Gasteiger partial charge in [0, 0.05) is 17.0 Å². The number of hydrogen-bond acceptors (Lipinski definition) is 5. The van der Waals surface area contributed by atoms with Gasteiger partial charge in [-0.15, -0.1) is 11.8 Å². The average molecular weight is 289 g/mol. The van der Waals surface area contributed by atoms with Gasteiger partial charge in [0.1, 0.15) is 11.5 Å². The highest BCUT2D eigenvalue weighted by atomic mass is 32.2. The van der Waals surface area contributed by atoms with Crippen LogP contribution in [0.15, 0.2) is 47.4 Å². The van der Waals surface area contributed by atoms with Crippen molar-refractivity contribution in [3.8, 4) is 11.5 Å². The van der Waals surface area contributed by atoms with Gasteiger partial charge in [-0.3, -0.25) is 14.9 Å². The average Bonchev–Trinajstić information content (AvgIpc) is 2.48. The maximum Gasteiger partial charge on any atom is 0.270 e. The van der Waals surface area contributed by atoms with Crippen LogP contribution in [-0.2, 0) is 0 Å². The van der Waals surface area contributed by atoms with Crippen LogP contribution in [0.5, 0.6) is 11.5 Å². The second-order valence-electron chi connectivity index (χ2n) is 3.85. The van der Waals surface area contributed by atoms with E-state index in [1.54, 1.807) is 6.07 Å². The van der Waals surface area contributed by atoms with E-state index in [9.17, 15) is 14.9 Å². The zero-order chi connectivity index (χ0) is 14.5. The first-order valence-corrected chi connectivity index (χ1v) is 6.92. The Morgan fingerprint density at radius 2 is 1.95 bits per heavy atom. The molecule has 0 unspecified atom stereocenters. The van der Waals surface area contributed by atoms with Gasteiger partial charge in [-0.05, 0) is 24.5 Å². The molecule has 0 N–H and O–H groups in total. The van der Waals surface area contributed by atoms with Gasteiger partial charge in [0.05, 0.1) is 10.5 Å². The molecule has 0 saturated carbocycles. The number of benzene rings is 2. The Kier molecular flexibility index (Phi) is 4.37. The molecule has 6 heteroatoms. The fourth-order valence-corrected chi connectivity index (χ4v) is 2.18. The summed E-state index contributed by atoms with van der Waals surface area (Å²) in [6, 6.07) is 11.3. The SMILES string of the molecule is CSc1ccccc1Oc1ccc([N+](=O)[O-])cc1C=O. The van der Waals surface area contributed by atoms with Crippen LogP contribution in [0, 0.1) is 10.1 Å². The van der Waals surface area contributed by atoms with Crippen LogP contribution >= 0.6 is 11.8 Å². The lowest BCUT2D eigenvalue weighted by molar-refractivity contribution is -0.384. The number of non-ortho nitro benzene ring substituents is 1. The molecular formula is C14H11NO4S. The van der Waals surface area contributed by atoms with E-state index < -0.39 is 4.92 Å². The maximum atomic E-state index is 11.0. The van der Waals surface area contributed by atoms with Crippen molar-refractivity contribution >= 4 is 23.7 Å². The molecule has 0 bridgehead atoms. The number of para-hydroxylation sites is 1. The van der Waals surface area contributed by atoms with Crippen LogP contribution in [0.2, 0.25) is 0 Å². The number of nitrogens with zero attached hydrogens (tertiary/aromatic N) is 1. The normalized spacial score (nSPS) is 10.1. The first-order chi connectivity index (χ1) is 9.65. The van der Waals surface area contributed by atoms with Gasteiger partial charge < -0.3 is 4.74 Å². The number of rotatable bonds is 5.